The van der Waals surface area contributed by atoms with E-state index in [1.54, 1.807) is 0 Å². The molecule has 2 nitrogen and oxygen atoms in total. The summed E-state index contributed by atoms with van der Waals surface area (Å²) in [5.74, 6) is 0.717. The predicted molar refractivity (Wildman–Crippen MR) is 58.1 cm³/mol. The molecule has 14 heavy (non-hydrogen) atoms. The lowest BCUT2D eigenvalue weighted by Crippen LogP contribution is -2.07. The van der Waals surface area contributed by atoms with Crippen LogP contribution in [0.3, 0.4) is 0 Å². The Labute approximate surface area is 89.8 Å². The van der Waals surface area contributed by atoms with Crippen molar-refractivity contribution in [3.63, 3.8) is 0 Å². The monoisotopic (exact) mass is 214 g/mol. The van der Waals surface area contributed by atoms with Crippen LogP contribution >= 0.6 is 11.6 Å². The van der Waals surface area contributed by atoms with Gasteiger partial charge in [0.05, 0.1) is 11.6 Å². The Morgan fingerprint density at radius 1 is 1.14 bits per heavy atom. The van der Waals surface area contributed by atoms with Gasteiger partial charge < -0.3 is 9.47 Å². The van der Waals surface area contributed by atoms with Crippen LogP contribution in [0.15, 0.2) is 24.3 Å². The fraction of sp³-hybridized carbons (Fsp3) is 0.455. The Balaban J connectivity index is 2.21. The Morgan fingerprint density at radius 3 is 2.64 bits per heavy atom. The van der Waals surface area contributed by atoms with Crippen molar-refractivity contribution in [1.29, 1.82) is 0 Å². The molecule has 0 heterocycles. The summed E-state index contributed by atoms with van der Waals surface area (Å²) in [4.78, 5) is 0. The Bertz CT molecular complexity index is 263. The van der Waals surface area contributed by atoms with Crippen LogP contribution in [0.4, 0.5) is 0 Å². The molecule has 78 valence electrons. The largest absolute Gasteiger partial charge is 0.490 e. The second-order valence-corrected chi connectivity index (χ2v) is 3.30. The second kappa shape index (κ2) is 6.68. The number of ether oxygens (including phenoxy) is 2. The van der Waals surface area contributed by atoms with E-state index in [-0.39, 0.29) is 0 Å². The van der Waals surface area contributed by atoms with Crippen LogP contribution in [0.5, 0.6) is 5.75 Å². The van der Waals surface area contributed by atoms with Crippen molar-refractivity contribution in [2.24, 2.45) is 0 Å². The third-order valence-electron chi connectivity index (χ3n) is 1.67. The van der Waals surface area contributed by atoms with E-state index < -0.39 is 0 Å². The van der Waals surface area contributed by atoms with E-state index in [0.29, 0.717) is 24.0 Å². The minimum Gasteiger partial charge on any atom is -0.490 e. The van der Waals surface area contributed by atoms with Gasteiger partial charge in [-0.1, -0.05) is 30.7 Å². The molecule has 0 N–H and O–H groups in total. The number of hydrogen-bond donors (Lipinski definition) is 0. The van der Waals surface area contributed by atoms with E-state index in [4.69, 9.17) is 21.1 Å². The normalized spacial score (nSPS) is 10.1. The Morgan fingerprint density at radius 2 is 1.93 bits per heavy atom. The highest BCUT2D eigenvalue weighted by molar-refractivity contribution is 6.32. The second-order valence-electron chi connectivity index (χ2n) is 2.89. The van der Waals surface area contributed by atoms with E-state index in [2.05, 4.69) is 6.92 Å². The highest BCUT2D eigenvalue weighted by Gasteiger charge is 1.98. The van der Waals surface area contributed by atoms with Crippen molar-refractivity contribution in [3.05, 3.63) is 29.3 Å². The van der Waals surface area contributed by atoms with Crippen molar-refractivity contribution in [2.75, 3.05) is 19.8 Å². The molecule has 0 fully saturated rings. The zero-order chi connectivity index (χ0) is 10.2. The first-order chi connectivity index (χ1) is 6.84. The average Bonchev–Trinajstić information content (AvgIpc) is 2.20. The number of benzene rings is 1. The molecule has 0 unspecified atom stereocenters. The third-order valence-corrected chi connectivity index (χ3v) is 1.98. The lowest BCUT2D eigenvalue weighted by molar-refractivity contribution is 0.101. The summed E-state index contributed by atoms with van der Waals surface area (Å²) in [5, 5.41) is 0.642. The van der Waals surface area contributed by atoms with E-state index in [1.807, 2.05) is 24.3 Å². The van der Waals surface area contributed by atoms with Crippen LogP contribution in [0.1, 0.15) is 13.3 Å². The quantitative estimate of drug-likeness (QED) is 0.678. The molecule has 3 heteroatoms. The molecule has 1 aromatic carbocycles. The van der Waals surface area contributed by atoms with Crippen LogP contribution in [-0.2, 0) is 4.74 Å². The average molecular weight is 215 g/mol. The van der Waals surface area contributed by atoms with Gasteiger partial charge in [0, 0.05) is 6.61 Å². The van der Waals surface area contributed by atoms with Crippen molar-refractivity contribution >= 4 is 11.6 Å². The number of rotatable bonds is 6. The summed E-state index contributed by atoms with van der Waals surface area (Å²) in [6.07, 6.45) is 1.03. The Hall–Kier alpha value is -0.730. The van der Waals surface area contributed by atoms with Gasteiger partial charge in [0.2, 0.25) is 0 Å². The molecule has 0 radical (unpaired) electrons. The molecule has 0 bridgehead atoms. The summed E-state index contributed by atoms with van der Waals surface area (Å²) in [6, 6.07) is 7.43. The highest BCUT2D eigenvalue weighted by atomic mass is 35.5. The highest BCUT2D eigenvalue weighted by Crippen LogP contribution is 2.22. The minimum absolute atomic E-state index is 0.545. The van der Waals surface area contributed by atoms with Gasteiger partial charge in [-0.15, -0.1) is 0 Å². The summed E-state index contributed by atoms with van der Waals surface area (Å²) >= 11 is 5.90. The molecule has 0 amide bonds. The zero-order valence-electron chi connectivity index (χ0n) is 8.33. The molecule has 1 aromatic rings. The standard InChI is InChI=1S/C11H15ClO2/c1-2-7-13-8-9-14-11-6-4-3-5-10(11)12/h3-6H,2,7-9H2,1H3. The molecular formula is C11H15ClO2. The first kappa shape index (κ1) is 11.3. The van der Waals surface area contributed by atoms with Gasteiger partial charge in [0.1, 0.15) is 12.4 Å². The summed E-state index contributed by atoms with van der Waals surface area (Å²) in [6.45, 7) is 4.02. The summed E-state index contributed by atoms with van der Waals surface area (Å²) in [5.41, 5.74) is 0. The van der Waals surface area contributed by atoms with Crippen LogP contribution in [0, 0.1) is 0 Å². The molecule has 0 aliphatic carbocycles. The lowest BCUT2D eigenvalue weighted by atomic mass is 10.3. The fourth-order valence-electron chi connectivity index (χ4n) is 1.02. The summed E-state index contributed by atoms with van der Waals surface area (Å²) in [7, 11) is 0. The SMILES string of the molecule is CCCOCCOc1ccccc1Cl. The van der Waals surface area contributed by atoms with Crippen LogP contribution in [0.2, 0.25) is 5.02 Å². The van der Waals surface area contributed by atoms with E-state index >= 15 is 0 Å². The number of para-hydroxylation sites is 1. The van der Waals surface area contributed by atoms with Gasteiger partial charge in [-0.2, -0.15) is 0 Å². The van der Waals surface area contributed by atoms with Gasteiger partial charge in [-0.25, -0.2) is 0 Å². The van der Waals surface area contributed by atoms with E-state index in [1.165, 1.54) is 0 Å². The molecule has 1 rings (SSSR count). The molecular weight excluding hydrogens is 200 g/mol. The van der Waals surface area contributed by atoms with Crippen molar-refractivity contribution in [3.8, 4) is 5.75 Å². The smallest absolute Gasteiger partial charge is 0.138 e. The van der Waals surface area contributed by atoms with Crippen molar-refractivity contribution < 1.29 is 9.47 Å². The topological polar surface area (TPSA) is 18.5 Å². The first-order valence-electron chi connectivity index (χ1n) is 4.79. The maximum Gasteiger partial charge on any atom is 0.138 e. The van der Waals surface area contributed by atoms with E-state index in [9.17, 15) is 0 Å². The predicted octanol–water partition coefficient (Wildman–Crippen LogP) is 3.15. The maximum absolute atomic E-state index is 5.90. The first-order valence-corrected chi connectivity index (χ1v) is 5.17. The maximum atomic E-state index is 5.90. The Kier molecular flexibility index (Phi) is 5.42. The van der Waals surface area contributed by atoms with Crippen LogP contribution < -0.4 is 4.74 Å². The van der Waals surface area contributed by atoms with Gasteiger partial charge in [0.15, 0.2) is 0 Å². The lowest BCUT2D eigenvalue weighted by Gasteiger charge is -2.07. The molecule has 0 saturated heterocycles. The molecule has 0 aliphatic rings. The summed E-state index contributed by atoms with van der Waals surface area (Å²) < 4.78 is 10.7. The van der Waals surface area contributed by atoms with E-state index in [0.717, 1.165) is 13.0 Å². The molecule has 0 saturated carbocycles. The zero-order valence-corrected chi connectivity index (χ0v) is 9.09. The van der Waals surface area contributed by atoms with Gasteiger partial charge in [-0.05, 0) is 18.6 Å². The fourth-order valence-corrected chi connectivity index (χ4v) is 1.21. The molecule has 0 spiro atoms. The van der Waals surface area contributed by atoms with Crippen molar-refractivity contribution in [2.45, 2.75) is 13.3 Å². The number of hydrogen-bond acceptors (Lipinski definition) is 2. The van der Waals surface area contributed by atoms with Crippen LogP contribution in [0.25, 0.3) is 0 Å². The molecule has 0 atom stereocenters. The minimum atomic E-state index is 0.545. The molecule has 0 aliphatic heterocycles. The molecule has 0 aromatic heterocycles. The van der Waals surface area contributed by atoms with Gasteiger partial charge >= 0.3 is 0 Å². The van der Waals surface area contributed by atoms with Gasteiger partial charge in [-0.3, -0.25) is 0 Å². The number of halogens is 1. The van der Waals surface area contributed by atoms with Crippen LogP contribution in [-0.4, -0.2) is 19.8 Å². The van der Waals surface area contributed by atoms with Crippen molar-refractivity contribution in [1.82, 2.24) is 0 Å². The van der Waals surface area contributed by atoms with Gasteiger partial charge in [0.25, 0.3) is 0 Å². The third kappa shape index (κ3) is 3.99.